The van der Waals surface area contributed by atoms with Gasteiger partial charge in [-0.15, -0.1) is 0 Å². The minimum absolute atomic E-state index is 0.453. The van der Waals surface area contributed by atoms with Gasteiger partial charge < -0.3 is 10.3 Å². The van der Waals surface area contributed by atoms with E-state index in [4.69, 9.17) is 28.9 Å². The molecule has 1 heterocycles. The number of rotatable bonds is 3. The van der Waals surface area contributed by atoms with Gasteiger partial charge in [-0.3, -0.25) is 0 Å². The highest BCUT2D eigenvalue weighted by Crippen LogP contribution is 2.22. The van der Waals surface area contributed by atoms with Crippen LogP contribution in [0.25, 0.3) is 0 Å². The van der Waals surface area contributed by atoms with Crippen LogP contribution in [0.5, 0.6) is 0 Å². The Bertz CT molecular complexity index is 494. The number of imidazole rings is 1. The number of aromatic nitrogens is 2. The van der Waals surface area contributed by atoms with Crippen LogP contribution in [0, 0.1) is 0 Å². The van der Waals surface area contributed by atoms with Gasteiger partial charge in [0.1, 0.15) is 0 Å². The predicted octanol–water partition coefficient (Wildman–Crippen LogP) is 2.70. The van der Waals surface area contributed by atoms with E-state index in [0.717, 1.165) is 11.3 Å². The quantitative estimate of drug-likeness (QED) is 0.917. The third-order valence-electron chi connectivity index (χ3n) is 2.25. The van der Waals surface area contributed by atoms with Crippen molar-refractivity contribution in [1.29, 1.82) is 0 Å². The van der Waals surface area contributed by atoms with Crippen LogP contribution in [-0.2, 0) is 13.1 Å². The Kier molecular flexibility index (Phi) is 3.49. The van der Waals surface area contributed by atoms with Crippen molar-refractivity contribution in [2.75, 3.05) is 0 Å². The van der Waals surface area contributed by atoms with Gasteiger partial charge in [-0.25, -0.2) is 4.98 Å². The summed E-state index contributed by atoms with van der Waals surface area (Å²) in [6, 6.07) is 5.59. The highest BCUT2D eigenvalue weighted by molar-refractivity contribution is 6.42. The standard InChI is InChI=1S/C11H11Cl2N3/c12-10-2-1-8(3-11(10)13)5-16-6-9(4-14)15-7-16/h1-3,6-7H,4-5,14H2. The van der Waals surface area contributed by atoms with Crippen LogP contribution in [-0.4, -0.2) is 9.55 Å². The van der Waals surface area contributed by atoms with Crippen molar-refractivity contribution in [2.45, 2.75) is 13.1 Å². The van der Waals surface area contributed by atoms with Crippen molar-refractivity contribution in [3.63, 3.8) is 0 Å². The van der Waals surface area contributed by atoms with E-state index in [2.05, 4.69) is 4.98 Å². The molecule has 0 radical (unpaired) electrons. The summed E-state index contributed by atoms with van der Waals surface area (Å²) >= 11 is 11.8. The largest absolute Gasteiger partial charge is 0.333 e. The fourth-order valence-corrected chi connectivity index (χ4v) is 1.77. The first-order chi connectivity index (χ1) is 7.69. The van der Waals surface area contributed by atoms with Crippen LogP contribution in [0.4, 0.5) is 0 Å². The molecule has 2 rings (SSSR count). The Morgan fingerprint density at radius 2 is 2.06 bits per heavy atom. The van der Waals surface area contributed by atoms with E-state index in [1.165, 1.54) is 0 Å². The molecule has 0 saturated carbocycles. The average Bonchev–Trinajstić information content (AvgIpc) is 2.71. The molecule has 0 saturated heterocycles. The monoisotopic (exact) mass is 255 g/mol. The van der Waals surface area contributed by atoms with E-state index in [-0.39, 0.29) is 0 Å². The van der Waals surface area contributed by atoms with Gasteiger partial charge in [-0.05, 0) is 17.7 Å². The third kappa shape index (κ3) is 2.55. The molecule has 3 nitrogen and oxygen atoms in total. The van der Waals surface area contributed by atoms with Crippen molar-refractivity contribution in [2.24, 2.45) is 5.73 Å². The van der Waals surface area contributed by atoms with Gasteiger partial charge in [0.2, 0.25) is 0 Å². The summed E-state index contributed by atoms with van der Waals surface area (Å²) in [5.41, 5.74) is 7.44. The lowest BCUT2D eigenvalue weighted by atomic mass is 10.2. The molecule has 0 amide bonds. The first-order valence-corrected chi connectivity index (χ1v) is 5.59. The molecule has 0 unspecified atom stereocenters. The van der Waals surface area contributed by atoms with E-state index < -0.39 is 0 Å². The van der Waals surface area contributed by atoms with Crippen molar-refractivity contribution in [1.82, 2.24) is 9.55 Å². The third-order valence-corrected chi connectivity index (χ3v) is 2.98. The van der Waals surface area contributed by atoms with Crippen LogP contribution in [0.3, 0.4) is 0 Å². The molecule has 0 atom stereocenters. The highest BCUT2D eigenvalue weighted by atomic mass is 35.5. The van der Waals surface area contributed by atoms with Gasteiger partial charge in [-0.1, -0.05) is 29.3 Å². The second-order valence-electron chi connectivity index (χ2n) is 3.49. The minimum atomic E-state index is 0.453. The number of hydrogen-bond donors (Lipinski definition) is 1. The van der Waals surface area contributed by atoms with Crippen molar-refractivity contribution >= 4 is 23.2 Å². The Labute approximate surface area is 104 Å². The molecule has 84 valence electrons. The highest BCUT2D eigenvalue weighted by Gasteiger charge is 2.01. The summed E-state index contributed by atoms with van der Waals surface area (Å²) in [7, 11) is 0. The molecule has 16 heavy (non-hydrogen) atoms. The maximum absolute atomic E-state index is 5.94. The van der Waals surface area contributed by atoms with Crippen molar-refractivity contribution in [3.8, 4) is 0 Å². The van der Waals surface area contributed by atoms with E-state index in [1.807, 2.05) is 22.9 Å². The molecule has 0 fully saturated rings. The molecule has 0 bridgehead atoms. The second kappa shape index (κ2) is 4.87. The Morgan fingerprint density at radius 3 is 2.69 bits per heavy atom. The lowest BCUT2D eigenvalue weighted by Crippen LogP contribution is -1.98. The molecule has 0 aliphatic heterocycles. The van der Waals surface area contributed by atoms with Gasteiger partial charge in [0, 0.05) is 19.3 Å². The molecular weight excluding hydrogens is 245 g/mol. The minimum Gasteiger partial charge on any atom is -0.333 e. The predicted molar refractivity (Wildman–Crippen MR) is 65.7 cm³/mol. The molecule has 0 aliphatic rings. The first-order valence-electron chi connectivity index (χ1n) is 4.83. The number of benzene rings is 1. The Balaban J connectivity index is 2.17. The molecule has 2 aromatic rings. The zero-order valence-corrected chi connectivity index (χ0v) is 10.0. The summed E-state index contributed by atoms with van der Waals surface area (Å²) in [6.07, 6.45) is 3.67. The van der Waals surface area contributed by atoms with Gasteiger partial charge in [0.25, 0.3) is 0 Å². The zero-order chi connectivity index (χ0) is 11.5. The molecule has 1 aromatic heterocycles. The summed E-state index contributed by atoms with van der Waals surface area (Å²) < 4.78 is 1.96. The van der Waals surface area contributed by atoms with E-state index in [9.17, 15) is 0 Å². The Hall–Kier alpha value is -1.03. The smallest absolute Gasteiger partial charge is 0.0953 e. The summed E-state index contributed by atoms with van der Waals surface area (Å²) in [5, 5.41) is 1.14. The normalized spacial score (nSPS) is 10.7. The van der Waals surface area contributed by atoms with Crippen LogP contribution < -0.4 is 5.73 Å². The maximum Gasteiger partial charge on any atom is 0.0953 e. The van der Waals surface area contributed by atoms with E-state index >= 15 is 0 Å². The topological polar surface area (TPSA) is 43.8 Å². The molecular formula is C11H11Cl2N3. The van der Waals surface area contributed by atoms with Crippen LogP contribution in [0.1, 0.15) is 11.3 Å². The number of hydrogen-bond acceptors (Lipinski definition) is 2. The lowest BCUT2D eigenvalue weighted by Gasteiger charge is -2.03. The summed E-state index contributed by atoms with van der Waals surface area (Å²) in [4.78, 5) is 4.15. The van der Waals surface area contributed by atoms with Crippen LogP contribution in [0.15, 0.2) is 30.7 Å². The lowest BCUT2D eigenvalue weighted by molar-refractivity contribution is 0.796. The van der Waals surface area contributed by atoms with Crippen LogP contribution in [0.2, 0.25) is 10.0 Å². The van der Waals surface area contributed by atoms with Gasteiger partial charge >= 0.3 is 0 Å². The summed E-state index contributed by atoms with van der Waals surface area (Å²) in [5.74, 6) is 0. The molecule has 2 N–H and O–H groups in total. The second-order valence-corrected chi connectivity index (χ2v) is 4.30. The Morgan fingerprint density at radius 1 is 1.25 bits per heavy atom. The average molecular weight is 256 g/mol. The fraction of sp³-hybridized carbons (Fsp3) is 0.182. The summed E-state index contributed by atoms with van der Waals surface area (Å²) in [6.45, 7) is 1.16. The number of nitrogens with zero attached hydrogens (tertiary/aromatic N) is 2. The van der Waals surface area contributed by atoms with Crippen molar-refractivity contribution in [3.05, 3.63) is 52.0 Å². The molecule has 1 aromatic carbocycles. The number of nitrogens with two attached hydrogens (primary N) is 1. The SMILES string of the molecule is NCc1cn(Cc2ccc(Cl)c(Cl)c2)cn1. The molecule has 0 spiro atoms. The van der Waals surface area contributed by atoms with Crippen LogP contribution >= 0.6 is 23.2 Å². The molecule has 5 heteroatoms. The van der Waals surface area contributed by atoms with Crippen molar-refractivity contribution < 1.29 is 0 Å². The first kappa shape index (κ1) is 11.5. The molecule has 0 aliphatic carbocycles. The van der Waals surface area contributed by atoms with Gasteiger partial charge in [0.05, 0.1) is 22.1 Å². The zero-order valence-electron chi connectivity index (χ0n) is 8.53. The van der Waals surface area contributed by atoms with E-state index in [0.29, 0.717) is 23.1 Å². The fourth-order valence-electron chi connectivity index (χ4n) is 1.45. The van der Waals surface area contributed by atoms with E-state index in [1.54, 1.807) is 12.4 Å². The maximum atomic E-state index is 5.94. The van der Waals surface area contributed by atoms with Gasteiger partial charge in [0.15, 0.2) is 0 Å². The number of halogens is 2. The van der Waals surface area contributed by atoms with Gasteiger partial charge in [-0.2, -0.15) is 0 Å².